The largest absolute Gasteiger partial charge is 0.388 e. The highest BCUT2D eigenvalue weighted by Crippen LogP contribution is 2.71. The van der Waals surface area contributed by atoms with Crippen molar-refractivity contribution in [2.75, 3.05) is 17.4 Å². The van der Waals surface area contributed by atoms with E-state index < -0.39 is 51.6 Å². The van der Waals surface area contributed by atoms with Crippen LogP contribution in [0.3, 0.4) is 0 Å². The lowest BCUT2D eigenvalue weighted by molar-refractivity contribution is -0.141. The van der Waals surface area contributed by atoms with Gasteiger partial charge < -0.3 is 34.9 Å². The van der Waals surface area contributed by atoms with Crippen LogP contribution in [0.5, 0.6) is 0 Å². The minimum Gasteiger partial charge on any atom is -0.388 e. The Balaban J connectivity index is 1.26. The van der Waals surface area contributed by atoms with Crippen molar-refractivity contribution in [1.82, 2.24) is 19.5 Å². The van der Waals surface area contributed by atoms with Crippen LogP contribution in [0.2, 0.25) is 5.28 Å². The van der Waals surface area contributed by atoms with Crippen LogP contribution in [0.1, 0.15) is 71.9 Å². The third kappa shape index (κ3) is 5.63. The Bertz CT molecular complexity index is 1430. The van der Waals surface area contributed by atoms with Gasteiger partial charge in [-0.3, -0.25) is 13.7 Å². The zero-order valence-corrected chi connectivity index (χ0v) is 25.8. The first-order chi connectivity index (χ1) is 18.8. The molecule has 3 heterocycles. The van der Waals surface area contributed by atoms with E-state index >= 15 is 0 Å². The molecule has 13 nitrogen and oxygen atoms in total. The van der Waals surface area contributed by atoms with Gasteiger partial charge in [0, 0.05) is 11.7 Å². The standard InChI is InChI=1S/C25H38ClN5O8P2/c1-22-6-23(2)8-24(3,7-22)11-25(9-22,10-23)30-18-15-19(29-21(26)28-18)31(12-27-15)20-17(33)16(32)14(39-20)4-5-40(34,35)13-41(36,37)38/h12,14,16-17,20,32-33H,4-11,13H2,1-3H3,(H,34,35)(H,28,29,30)(H2,36,37,38)/t14-,16+,17?,20-,22?,23?,24?,25?/m1/s1. The number of fused-ring (bicyclic) bond motifs is 1. The lowest BCUT2D eigenvalue weighted by atomic mass is 9.38. The Morgan fingerprint density at radius 2 is 1.59 bits per heavy atom. The minimum atomic E-state index is -4.71. The van der Waals surface area contributed by atoms with Crippen molar-refractivity contribution in [3.63, 3.8) is 0 Å². The number of imidazole rings is 1. The van der Waals surface area contributed by atoms with Crippen LogP contribution in [0.4, 0.5) is 5.82 Å². The van der Waals surface area contributed by atoms with E-state index in [1.54, 1.807) is 0 Å². The Morgan fingerprint density at radius 1 is 1.00 bits per heavy atom. The number of aliphatic hydroxyl groups is 2. The van der Waals surface area contributed by atoms with Crippen molar-refractivity contribution < 1.29 is 38.8 Å². The van der Waals surface area contributed by atoms with Crippen LogP contribution in [0, 0.1) is 16.2 Å². The van der Waals surface area contributed by atoms with Gasteiger partial charge in [-0.2, -0.15) is 9.97 Å². The van der Waals surface area contributed by atoms with Gasteiger partial charge in [-0.15, -0.1) is 0 Å². The third-order valence-corrected chi connectivity index (χ3v) is 13.8. The average Bonchev–Trinajstić information content (AvgIpc) is 3.28. The van der Waals surface area contributed by atoms with Gasteiger partial charge in [0.05, 0.1) is 12.4 Å². The number of nitrogens with zero attached hydrogens (tertiary/aromatic N) is 4. The second-order valence-electron chi connectivity index (χ2n) is 14.3. The van der Waals surface area contributed by atoms with Gasteiger partial charge in [0.1, 0.15) is 18.1 Å². The SMILES string of the molecule is CC12CC3(C)CC(C)(C1)CC(Nc1nc(Cl)nc4c1ncn4[C@@H]1O[C@H](CCP(=O)(O)CP(=O)(O)O)[C@H](O)C1O)(C2)C3. The molecule has 2 unspecified atom stereocenters. The Morgan fingerprint density at radius 3 is 2.15 bits per heavy atom. The van der Waals surface area contributed by atoms with Crippen molar-refractivity contribution >= 4 is 43.5 Å². The van der Waals surface area contributed by atoms with Crippen LogP contribution in [-0.4, -0.2) is 80.3 Å². The van der Waals surface area contributed by atoms with E-state index in [-0.39, 0.29) is 33.5 Å². The van der Waals surface area contributed by atoms with Gasteiger partial charge in [-0.05, 0) is 72.8 Å². The van der Waals surface area contributed by atoms with E-state index in [4.69, 9.17) is 26.1 Å². The Labute approximate surface area is 242 Å². The lowest BCUT2D eigenvalue weighted by Crippen LogP contribution is -2.64. The summed E-state index contributed by atoms with van der Waals surface area (Å²) in [5, 5.41) is 25.2. The third-order valence-electron chi connectivity index (χ3n) is 9.41. The maximum atomic E-state index is 12.3. The topological polar surface area (TPSA) is 200 Å². The van der Waals surface area contributed by atoms with Crippen molar-refractivity contribution in [1.29, 1.82) is 0 Å². The second-order valence-corrected chi connectivity index (χ2v) is 19.2. The molecule has 0 radical (unpaired) electrons. The zero-order valence-electron chi connectivity index (χ0n) is 23.3. The van der Waals surface area contributed by atoms with E-state index in [2.05, 4.69) is 41.0 Å². The van der Waals surface area contributed by atoms with Gasteiger partial charge in [-0.1, -0.05) is 20.8 Å². The number of aromatic nitrogens is 4. The first-order valence-electron chi connectivity index (χ1n) is 13.9. The number of nitrogens with one attached hydrogen (secondary N) is 1. The molecule has 5 aliphatic rings. The first kappa shape index (κ1) is 29.9. The molecule has 6 N–H and O–H groups in total. The van der Waals surface area contributed by atoms with E-state index in [0.717, 1.165) is 19.3 Å². The van der Waals surface area contributed by atoms with E-state index in [1.807, 2.05) is 0 Å². The summed E-state index contributed by atoms with van der Waals surface area (Å²) < 4.78 is 30.8. The highest BCUT2D eigenvalue weighted by atomic mass is 35.5. The van der Waals surface area contributed by atoms with Crippen molar-refractivity contribution in [3.05, 3.63) is 11.6 Å². The molecule has 0 amide bonds. The highest BCUT2D eigenvalue weighted by Gasteiger charge is 2.64. The normalized spacial score (nSPS) is 41.7. The molecule has 5 fully saturated rings. The summed E-state index contributed by atoms with van der Waals surface area (Å²) in [6.45, 7) is 7.16. The summed E-state index contributed by atoms with van der Waals surface area (Å²) in [6, 6.07) is 0. The molecule has 2 aromatic heterocycles. The van der Waals surface area contributed by atoms with Gasteiger partial charge in [0.2, 0.25) is 12.7 Å². The van der Waals surface area contributed by atoms with E-state index in [9.17, 15) is 24.2 Å². The molecule has 1 aliphatic heterocycles. The highest BCUT2D eigenvalue weighted by molar-refractivity contribution is 7.72. The molecule has 16 heteroatoms. The molecule has 1 saturated heterocycles. The van der Waals surface area contributed by atoms with Gasteiger partial charge in [0.15, 0.2) is 23.2 Å². The summed E-state index contributed by atoms with van der Waals surface area (Å²) in [4.78, 5) is 41.5. The molecule has 4 saturated carbocycles. The number of hydrogen-bond acceptors (Lipinski definition) is 9. The minimum absolute atomic E-state index is 0.0154. The number of aliphatic hydroxyl groups excluding tert-OH is 2. The average molecular weight is 634 g/mol. The maximum absolute atomic E-state index is 12.3. The lowest BCUT2D eigenvalue weighted by Gasteiger charge is -2.69. The molecular formula is C25H38ClN5O8P2. The van der Waals surface area contributed by atoms with Crippen LogP contribution in [-0.2, 0) is 13.9 Å². The number of anilines is 1. The number of rotatable bonds is 8. The van der Waals surface area contributed by atoms with E-state index in [0.29, 0.717) is 17.0 Å². The summed E-state index contributed by atoms with van der Waals surface area (Å²) in [5.41, 5.74) is 1.27. The molecule has 41 heavy (non-hydrogen) atoms. The van der Waals surface area contributed by atoms with Crippen LogP contribution in [0.25, 0.3) is 11.2 Å². The van der Waals surface area contributed by atoms with Gasteiger partial charge in [-0.25, -0.2) is 4.98 Å². The molecule has 5 atom stereocenters. The predicted molar refractivity (Wildman–Crippen MR) is 151 cm³/mol. The molecule has 7 rings (SSSR count). The smallest absolute Gasteiger partial charge is 0.335 e. The Kier molecular flexibility index (Phi) is 6.88. The summed E-state index contributed by atoms with van der Waals surface area (Å²) in [6.07, 6.45) is 2.38. The summed E-state index contributed by atoms with van der Waals surface area (Å²) >= 11 is 6.40. The fourth-order valence-corrected chi connectivity index (χ4v) is 13.4. The molecule has 4 aliphatic carbocycles. The van der Waals surface area contributed by atoms with Gasteiger partial charge in [0.25, 0.3) is 0 Å². The van der Waals surface area contributed by atoms with Crippen LogP contribution >= 0.6 is 26.6 Å². The monoisotopic (exact) mass is 633 g/mol. The fraction of sp³-hybridized carbons (Fsp3) is 0.800. The maximum Gasteiger partial charge on any atom is 0.335 e. The molecular weight excluding hydrogens is 596 g/mol. The molecule has 4 bridgehead atoms. The zero-order chi connectivity index (χ0) is 29.8. The summed E-state index contributed by atoms with van der Waals surface area (Å²) in [5.74, 6) is -0.662. The molecule has 0 spiro atoms. The second kappa shape index (κ2) is 9.43. The van der Waals surface area contributed by atoms with Crippen molar-refractivity contribution in [2.24, 2.45) is 16.2 Å². The van der Waals surface area contributed by atoms with E-state index in [1.165, 1.54) is 30.2 Å². The van der Waals surface area contributed by atoms with Crippen LogP contribution < -0.4 is 5.32 Å². The number of ether oxygens (including phenoxy) is 1. The number of hydrogen-bond donors (Lipinski definition) is 6. The molecule has 0 aromatic carbocycles. The molecule has 2 aromatic rings. The Hall–Kier alpha value is -1.14. The quantitative estimate of drug-likeness (QED) is 0.183. The summed E-state index contributed by atoms with van der Waals surface area (Å²) in [7, 11) is -8.90. The fourth-order valence-electron chi connectivity index (χ4n) is 9.72. The van der Waals surface area contributed by atoms with Crippen molar-refractivity contribution in [2.45, 2.75) is 95.8 Å². The molecule has 228 valence electrons. The predicted octanol–water partition coefficient (Wildman–Crippen LogP) is 3.45. The first-order valence-corrected chi connectivity index (χ1v) is 18.1. The van der Waals surface area contributed by atoms with Crippen LogP contribution in [0.15, 0.2) is 6.33 Å². The van der Waals surface area contributed by atoms with Gasteiger partial charge >= 0.3 is 7.60 Å². The number of halogens is 1. The van der Waals surface area contributed by atoms with Crippen molar-refractivity contribution in [3.8, 4) is 0 Å².